The first kappa shape index (κ1) is 23.8. The number of pyridine rings is 1. The Morgan fingerprint density at radius 2 is 1.84 bits per heavy atom. The van der Waals surface area contributed by atoms with Crippen LogP contribution >= 0.6 is 23.2 Å². The summed E-state index contributed by atoms with van der Waals surface area (Å²) in [7, 11) is 0. The first-order valence-corrected chi connectivity index (χ1v) is 11.4. The van der Waals surface area contributed by atoms with E-state index in [1.54, 1.807) is 22.8 Å². The van der Waals surface area contributed by atoms with Crippen LogP contribution < -0.4 is 5.56 Å². The maximum absolute atomic E-state index is 12.8. The smallest absolute Gasteiger partial charge is 0.338 e. The number of aromatic nitrogens is 1. The number of esters is 1. The minimum Gasteiger partial charge on any atom is -0.456 e. The molecule has 1 atom stereocenters. The Labute approximate surface area is 193 Å². The molecule has 2 heterocycles. The van der Waals surface area contributed by atoms with Gasteiger partial charge in [-0.1, -0.05) is 35.3 Å². The first-order chi connectivity index (χ1) is 14.5. The van der Waals surface area contributed by atoms with Gasteiger partial charge in [-0.2, -0.15) is 0 Å². The molecule has 1 saturated heterocycles. The molecule has 0 spiro atoms. The Bertz CT molecular complexity index is 994. The van der Waals surface area contributed by atoms with Crippen LogP contribution in [0.15, 0.2) is 35.1 Å². The number of benzene rings is 1. The van der Waals surface area contributed by atoms with Crippen LogP contribution in [0.5, 0.6) is 0 Å². The van der Waals surface area contributed by atoms with E-state index in [0.717, 1.165) is 30.6 Å². The summed E-state index contributed by atoms with van der Waals surface area (Å²) in [4.78, 5) is 27.3. The third kappa shape index (κ3) is 6.12. The van der Waals surface area contributed by atoms with Crippen molar-refractivity contribution in [3.63, 3.8) is 0 Å². The molecular formula is C24H30Cl2N2O3. The van der Waals surface area contributed by atoms with Gasteiger partial charge in [0.05, 0.1) is 16.3 Å². The van der Waals surface area contributed by atoms with Crippen molar-refractivity contribution in [3.05, 3.63) is 67.6 Å². The number of hydrogen-bond acceptors (Lipinski definition) is 4. The Kier molecular flexibility index (Phi) is 7.51. The van der Waals surface area contributed by atoms with Crippen LogP contribution in [0.4, 0.5) is 0 Å². The number of hydrogen-bond donors (Lipinski definition) is 0. The van der Waals surface area contributed by atoms with Crippen molar-refractivity contribution in [2.24, 2.45) is 0 Å². The lowest BCUT2D eigenvalue weighted by Crippen LogP contribution is -2.32. The highest BCUT2D eigenvalue weighted by atomic mass is 35.5. The fourth-order valence-corrected chi connectivity index (χ4v) is 4.38. The van der Waals surface area contributed by atoms with Crippen LogP contribution in [0.1, 0.15) is 62.2 Å². The molecule has 0 saturated carbocycles. The maximum Gasteiger partial charge on any atom is 0.338 e. The number of nitrogens with zero attached hydrogens (tertiary/aromatic N) is 2. The lowest BCUT2D eigenvalue weighted by atomic mass is 10.1. The molecule has 1 aromatic heterocycles. The average Bonchev–Trinajstić information content (AvgIpc) is 3.09. The van der Waals surface area contributed by atoms with E-state index in [4.69, 9.17) is 27.9 Å². The highest BCUT2D eigenvalue weighted by Crippen LogP contribution is 2.25. The van der Waals surface area contributed by atoms with Gasteiger partial charge in [-0.25, -0.2) is 4.79 Å². The second-order valence-corrected chi connectivity index (χ2v) is 9.97. The monoisotopic (exact) mass is 464 g/mol. The van der Waals surface area contributed by atoms with E-state index >= 15 is 0 Å². The van der Waals surface area contributed by atoms with Crippen LogP contribution in [0.2, 0.25) is 10.0 Å². The quantitative estimate of drug-likeness (QED) is 0.541. The summed E-state index contributed by atoms with van der Waals surface area (Å²) in [5, 5.41) is 0.646. The molecule has 3 rings (SSSR count). The summed E-state index contributed by atoms with van der Waals surface area (Å²) in [5.74, 6) is -0.348. The molecule has 0 N–H and O–H groups in total. The summed E-state index contributed by atoms with van der Waals surface area (Å²) in [5.41, 5.74) is 1.56. The molecule has 1 fully saturated rings. The van der Waals surface area contributed by atoms with Gasteiger partial charge in [0.1, 0.15) is 10.6 Å². The van der Waals surface area contributed by atoms with Gasteiger partial charge >= 0.3 is 5.97 Å². The molecule has 31 heavy (non-hydrogen) atoms. The normalized spacial score (nSPS) is 17.2. The van der Waals surface area contributed by atoms with Gasteiger partial charge < -0.3 is 9.30 Å². The predicted octanol–water partition coefficient (Wildman–Crippen LogP) is 5.34. The number of rotatable bonds is 6. The SMILES string of the molecule is C[C@@H]1CCCN1Cc1c(Cl)cc(Cl)c(=O)n1CCc1ccc(C(=O)OC(C)(C)C)cc1. The van der Waals surface area contributed by atoms with Crippen molar-refractivity contribution < 1.29 is 9.53 Å². The zero-order chi connectivity index (χ0) is 22.8. The van der Waals surface area contributed by atoms with Crippen LogP contribution in [-0.4, -0.2) is 33.6 Å². The Hall–Kier alpha value is -1.82. The molecule has 1 aliphatic heterocycles. The lowest BCUT2D eigenvalue weighted by molar-refractivity contribution is 0.00695. The summed E-state index contributed by atoms with van der Waals surface area (Å²) >= 11 is 12.6. The Morgan fingerprint density at radius 1 is 1.16 bits per heavy atom. The summed E-state index contributed by atoms with van der Waals surface area (Å²) < 4.78 is 7.10. The van der Waals surface area contributed by atoms with E-state index in [0.29, 0.717) is 36.1 Å². The van der Waals surface area contributed by atoms with Gasteiger partial charge in [-0.05, 0) is 77.3 Å². The molecule has 1 aliphatic rings. The van der Waals surface area contributed by atoms with Crippen LogP contribution in [-0.2, 0) is 24.2 Å². The van der Waals surface area contributed by atoms with E-state index in [1.807, 2.05) is 32.9 Å². The van der Waals surface area contributed by atoms with E-state index in [-0.39, 0.29) is 16.6 Å². The molecule has 1 aromatic carbocycles. The first-order valence-electron chi connectivity index (χ1n) is 10.7. The van der Waals surface area contributed by atoms with Gasteiger partial charge in [0, 0.05) is 19.1 Å². The molecule has 5 nitrogen and oxygen atoms in total. The van der Waals surface area contributed by atoms with E-state index in [9.17, 15) is 9.59 Å². The summed E-state index contributed by atoms with van der Waals surface area (Å²) in [6.45, 7) is 9.81. The van der Waals surface area contributed by atoms with Crippen LogP contribution in [0, 0.1) is 0 Å². The molecule has 168 valence electrons. The number of halogens is 2. The van der Waals surface area contributed by atoms with Gasteiger partial charge in [-0.15, -0.1) is 0 Å². The summed E-state index contributed by atoms with van der Waals surface area (Å²) in [6.07, 6.45) is 2.92. The van der Waals surface area contributed by atoms with Gasteiger partial charge in [0.2, 0.25) is 0 Å². The van der Waals surface area contributed by atoms with E-state index < -0.39 is 5.60 Å². The number of likely N-dealkylation sites (tertiary alicyclic amines) is 1. The van der Waals surface area contributed by atoms with Crippen molar-refractivity contribution >= 4 is 29.2 Å². The minimum absolute atomic E-state index is 0.128. The molecule has 7 heteroatoms. The Morgan fingerprint density at radius 3 is 2.42 bits per heavy atom. The highest BCUT2D eigenvalue weighted by molar-refractivity contribution is 6.34. The highest BCUT2D eigenvalue weighted by Gasteiger charge is 2.23. The van der Waals surface area contributed by atoms with Crippen molar-refractivity contribution in [3.8, 4) is 0 Å². The predicted molar refractivity (Wildman–Crippen MR) is 125 cm³/mol. The van der Waals surface area contributed by atoms with E-state index in [2.05, 4.69) is 11.8 Å². The molecule has 0 bridgehead atoms. The Balaban J connectivity index is 1.76. The van der Waals surface area contributed by atoms with Crippen molar-refractivity contribution in [1.29, 1.82) is 0 Å². The number of ether oxygens (including phenoxy) is 1. The van der Waals surface area contributed by atoms with Crippen molar-refractivity contribution in [2.75, 3.05) is 6.54 Å². The molecule has 0 aliphatic carbocycles. The van der Waals surface area contributed by atoms with E-state index in [1.165, 1.54) is 0 Å². The standard InChI is InChI=1S/C24H30Cl2N2O3/c1-16-6-5-12-27(16)15-21-19(25)14-20(26)22(29)28(21)13-11-17-7-9-18(10-8-17)23(30)31-24(2,3)4/h7-10,14,16H,5-6,11-13,15H2,1-4H3/t16-/m1/s1. The number of carbonyl (C=O) groups is 1. The van der Waals surface area contributed by atoms with Crippen molar-refractivity contribution in [2.45, 2.75) is 71.7 Å². The number of carbonyl (C=O) groups excluding carboxylic acids is 1. The third-order valence-corrected chi connectivity index (χ3v) is 6.16. The largest absolute Gasteiger partial charge is 0.456 e. The molecule has 2 aromatic rings. The van der Waals surface area contributed by atoms with Crippen LogP contribution in [0.3, 0.4) is 0 Å². The van der Waals surface area contributed by atoms with Gasteiger partial charge in [0.25, 0.3) is 5.56 Å². The average molecular weight is 465 g/mol. The second-order valence-electron chi connectivity index (χ2n) is 9.15. The fourth-order valence-electron chi connectivity index (χ4n) is 3.84. The third-order valence-electron chi connectivity index (χ3n) is 5.56. The minimum atomic E-state index is -0.536. The topological polar surface area (TPSA) is 51.5 Å². The molecule has 0 amide bonds. The second kappa shape index (κ2) is 9.76. The zero-order valence-corrected chi connectivity index (χ0v) is 20.1. The van der Waals surface area contributed by atoms with Crippen molar-refractivity contribution in [1.82, 2.24) is 9.47 Å². The number of aryl methyl sites for hydroxylation is 1. The molecule has 0 unspecified atom stereocenters. The summed E-state index contributed by atoms with van der Waals surface area (Å²) in [6, 6.07) is 9.30. The van der Waals surface area contributed by atoms with Crippen LogP contribution in [0.25, 0.3) is 0 Å². The van der Waals surface area contributed by atoms with Gasteiger partial charge in [-0.3, -0.25) is 9.69 Å². The maximum atomic E-state index is 12.8. The molecule has 0 radical (unpaired) electrons. The zero-order valence-electron chi connectivity index (χ0n) is 18.6. The lowest BCUT2D eigenvalue weighted by Gasteiger charge is -2.24. The molecular weight excluding hydrogens is 435 g/mol. The fraction of sp³-hybridized carbons (Fsp3) is 0.500. The van der Waals surface area contributed by atoms with Gasteiger partial charge in [0.15, 0.2) is 0 Å².